The summed E-state index contributed by atoms with van der Waals surface area (Å²) in [5.74, 6) is 2.95. The van der Waals surface area contributed by atoms with Gasteiger partial charge in [0.2, 0.25) is 5.91 Å². The average Bonchev–Trinajstić information content (AvgIpc) is 2.43. The smallest absolute Gasteiger partial charge is 0.225 e. The maximum Gasteiger partial charge on any atom is 0.225 e. The number of rotatable bonds is 5. The number of nitriles is 1. The molecule has 1 heterocycles. The number of hydrogen-bond donors (Lipinski definition) is 0. The SMILES string of the molecule is C#CCN1CCC(C(=O)N(CCC#N)CC(C)(C)C)CC1. The number of carbonyl (C=O) groups is 1. The molecule has 1 fully saturated rings. The molecule has 1 rings (SSSR count). The molecule has 116 valence electrons. The molecule has 21 heavy (non-hydrogen) atoms. The van der Waals surface area contributed by atoms with Gasteiger partial charge >= 0.3 is 0 Å². The summed E-state index contributed by atoms with van der Waals surface area (Å²) in [6, 6.07) is 2.14. The highest BCUT2D eigenvalue weighted by atomic mass is 16.2. The van der Waals surface area contributed by atoms with Crippen LogP contribution in [-0.4, -0.2) is 48.4 Å². The van der Waals surface area contributed by atoms with E-state index in [4.69, 9.17) is 11.7 Å². The Balaban J connectivity index is 2.60. The van der Waals surface area contributed by atoms with Crippen LogP contribution in [0, 0.1) is 35.0 Å². The Bertz CT molecular complexity index is 417. The van der Waals surface area contributed by atoms with E-state index in [2.05, 4.69) is 37.7 Å². The molecule has 0 saturated carbocycles. The molecule has 0 unspecified atom stereocenters. The molecule has 0 spiro atoms. The van der Waals surface area contributed by atoms with Crippen molar-refractivity contribution >= 4 is 5.91 Å². The van der Waals surface area contributed by atoms with Gasteiger partial charge in [0, 0.05) is 19.0 Å². The number of carbonyl (C=O) groups excluding carboxylic acids is 1. The summed E-state index contributed by atoms with van der Waals surface area (Å²) in [5.41, 5.74) is 0.0509. The van der Waals surface area contributed by atoms with Crippen molar-refractivity contribution in [3.63, 3.8) is 0 Å². The van der Waals surface area contributed by atoms with E-state index in [1.54, 1.807) is 0 Å². The molecule has 1 saturated heterocycles. The molecule has 0 aromatic carbocycles. The molecule has 0 aromatic heterocycles. The molecule has 4 heteroatoms. The van der Waals surface area contributed by atoms with Crippen molar-refractivity contribution in [3.05, 3.63) is 0 Å². The van der Waals surface area contributed by atoms with Crippen molar-refractivity contribution in [1.29, 1.82) is 5.26 Å². The highest BCUT2D eigenvalue weighted by molar-refractivity contribution is 5.79. The molecule has 0 aliphatic carbocycles. The maximum absolute atomic E-state index is 12.7. The van der Waals surface area contributed by atoms with Crippen molar-refractivity contribution < 1.29 is 4.79 Å². The third kappa shape index (κ3) is 6.19. The van der Waals surface area contributed by atoms with Crippen LogP contribution in [0.15, 0.2) is 0 Å². The highest BCUT2D eigenvalue weighted by Crippen LogP contribution is 2.22. The Labute approximate surface area is 129 Å². The predicted octanol–water partition coefficient (Wildman–Crippen LogP) is 2.12. The molecular formula is C17H27N3O. The van der Waals surface area contributed by atoms with Crippen LogP contribution in [0.25, 0.3) is 0 Å². The van der Waals surface area contributed by atoms with E-state index >= 15 is 0 Å². The third-order valence-electron chi connectivity index (χ3n) is 3.72. The first-order valence-electron chi connectivity index (χ1n) is 7.69. The molecule has 0 atom stereocenters. The number of amides is 1. The summed E-state index contributed by atoms with van der Waals surface area (Å²) < 4.78 is 0. The van der Waals surface area contributed by atoms with E-state index in [0.29, 0.717) is 26.1 Å². The van der Waals surface area contributed by atoms with Gasteiger partial charge in [0.25, 0.3) is 0 Å². The molecular weight excluding hydrogens is 262 g/mol. The summed E-state index contributed by atoms with van der Waals surface area (Å²) in [7, 11) is 0. The van der Waals surface area contributed by atoms with E-state index in [9.17, 15) is 4.79 Å². The molecule has 1 aliphatic heterocycles. The lowest BCUT2D eigenvalue weighted by Gasteiger charge is -2.35. The fourth-order valence-corrected chi connectivity index (χ4v) is 2.75. The van der Waals surface area contributed by atoms with Gasteiger partial charge in [0.15, 0.2) is 0 Å². The fraction of sp³-hybridized carbons (Fsp3) is 0.765. The first-order chi connectivity index (χ1) is 9.87. The zero-order chi connectivity index (χ0) is 15.9. The summed E-state index contributed by atoms with van der Waals surface area (Å²) in [6.45, 7) is 10.1. The third-order valence-corrected chi connectivity index (χ3v) is 3.72. The second-order valence-electron chi connectivity index (χ2n) is 6.98. The first kappa shape index (κ1) is 17.5. The molecule has 1 aliphatic rings. The second-order valence-corrected chi connectivity index (χ2v) is 6.98. The van der Waals surface area contributed by atoms with Crippen LogP contribution in [0.1, 0.15) is 40.0 Å². The van der Waals surface area contributed by atoms with E-state index < -0.39 is 0 Å². The zero-order valence-corrected chi connectivity index (χ0v) is 13.6. The van der Waals surface area contributed by atoms with Gasteiger partial charge in [-0.3, -0.25) is 9.69 Å². The van der Waals surface area contributed by atoms with Crippen LogP contribution in [0.4, 0.5) is 0 Å². The predicted molar refractivity (Wildman–Crippen MR) is 84.3 cm³/mol. The van der Waals surface area contributed by atoms with Gasteiger partial charge in [0.1, 0.15) is 0 Å². The average molecular weight is 289 g/mol. The maximum atomic E-state index is 12.7. The minimum atomic E-state index is 0.0509. The van der Waals surface area contributed by atoms with Crippen LogP contribution < -0.4 is 0 Å². The zero-order valence-electron chi connectivity index (χ0n) is 13.6. The Morgan fingerprint density at radius 1 is 1.38 bits per heavy atom. The van der Waals surface area contributed by atoms with Crippen molar-refractivity contribution in [3.8, 4) is 18.4 Å². The van der Waals surface area contributed by atoms with E-state index in [0.717, 1.165) is 25.9 Å². The number of nitrogens with zero attached hydrogens (tertiary/aromatic N) is 3. The van der Waals surface area contributed by atoms with Crippen molar-refractivity contribution in [2.24, 2.45) is 11.3 Å². The minimum absolute atomic E-state index is 0.0509. The van der Waals surface area contributed by atoms with Gasteiger partial charge in [-0.15, -0.1) is 6.42 Å². The Kier molecular flexibility index (Phi) is 6.72. The monoisotopic (exact) mass is 289 g/mol. The molecule has 0 radical (unpaired) electrons. The van der Waals surface area contributed by atoms with Crippen LogP contribution in [0.3, 0.4) is 0 Å². The van der Waals surface area contributed by atoms with Crippen molar-refractivity contribution in [1.82, 2.24) is 9.80 Å². The molecule has 1 amide bonds. The number of terminal acetylenes is 1. The van der Waals surface area contributed by atoms with Gasteiger partial charge in [-0.05, 0) is 31.3 Å². The van der Waals surface area contributed by atoms with Crippen LogP contribution >= 0.6 is 0 Å². The lowest BCUT2D eigenvalue weighted by atomic mass is 9.92. The van der Waals surface area contributed by atoms with Gasteiger partial charge < -0.3 is 4.90 Å². The Hall–Kier alpha value is -1.52. The number of hydrogen-bond acceptors (Lipinski definition) is 3. The summed E-state index contributed by atoms with van der Waals surface area (Å²) in [6.07, 6.45) is 7.47. The normalized spacial score (nSPS) is 17.0. The topological polar surface area (TPSA) is 47.3 Å². The van der Waals surface area contributed by atoms with E-state index in [1.807, 2.05) is 4.90 Å². The summed E-state index contributed by atoms with van der Waals surface area (Å²) in [4.78, 5) is 16.8. The summed E-state index contributed by atoms with van der Waals surface area (Å²) >= 11 is 0. The molecule has 4 nitrogen and oxygen atoms in total. The van der Waals surface area contributed by atoms with E-state index in [-0.39, 0.29) is 17.2 Å². The van der Waals surface area contributed by atoms with Crippen LogP contribution in [0.5, 0.6) is 0 Å². The van der Waals surface area contributed by atoms with Gasteiger partial charge in [-0.1, -0.05) is 26.7 Å². The van der Waals surface area contributed by atoms with Gasteiger partial charge in [0.05, 0.1) is 19.0 Å². The Morgan fingerprint density at radius 2 is 2.00 bits per heavy atom. The number of piperidine rings is 1. The standard InChI is InChI=1S/C17H27N3O/c1-5-10-19-12-7-15(8-13-19)16(21)20(11-6-9-18)14-17(2,3)4/h1,15H,6-8,10-14H2,2-4H3. The van der Waals surface area contributed by atoms with Crippen LogP contribution in [0.2, 0.25) is 0 Å². The van der Waals surface area contributed by atoms with Gasteiger partial charge in [-0.2, -0.15) is 5.26 Å². The summed E-state index contributed by atoms with van der Waals surface area (Å²) in [5, 5.41) is 8.79. The minimum Gasteiger partial charge on any atom is -0.341 e. The molecule has 0 bridgehead atoms. The number of likely N-dealkylation sites (tertiary alicyclic amines) is 1. The van der Waals surface area contributed by atoms with Gasteiger partial charge in [-0.25, -0.2) is 0 Å². The van der Waals surface area contributed by atoms with E-state index in [1.165, 1.54) is 0 Å². The van der Waals surface area contributed by atoms with Crippen molar-refractivity contribution in [2.75, 3.05) is 32.7 Å². The molecule has 0 N–H and O–H groups in total. The first-order valence-corrected chi connectivity index (χ1v) is 7.69. The van der Waals surface area contributed by atoms with Crippen molar-refractivity contribution in [2.45, 2.75) is 40.0 Å². The van der Waals surface area contributed by atoms with Crippen LogP contribution in [-0.2, 0) is 4.79 Å². The highest BCUT2D eigenvalue weighted by Gasteiger charge is 2.30. The second kappa shape index (κ2) is 8.05. The fourth-order valence-electron chi connectivity index (χ4n) is 2.75. The lowest BCUT2D eigenvalue weighted by Crippen LogP contribution is -2.45. The Morgan fingerprint density at radius 3 is 2.48 bits per heavy atom. The quantitative estimate of drug-likeness (QED) is 0.728. The molecule has 0 aromatic rings. The largest absolute Gasteiger partial charge is 0.341 e. The lowest BCUT2D eigenvalue weighted by molar-refractivity contribution is -0.138.